The van der Waals surface area contributed by atoms with Gasteiger partial charge in [0.1, 0.15) is 58.4 Å². The molecule has 0 aliphatic rings. The van der Waals surface area contributed by atoms with Crippen molar-refractivity contribution in [3.05, 3.63) is 96.3 Å². The molecule has 276 valence electrons. The highest BCUT2D eigenvalue weighted by Gasteiger charge is 2.18. The molecule has 0 unspecified atom stereocenters. The van der Waals surface area contributed by atoms with E-state index in [0.29, 0.717) is 23.4 Å². The van der Waals surface area contributed by atoms with Crippen LogP contribution in [0.1, 0.15) is 60.5 Å². The maximum atomic E-state index is 13.4. The van der Waals surface area contributed by atoms with Crippen molar-refractivity contribution in [2.45, 2.75) is 39.8 Å². The summed E-state index contributed by atoms with van der Waals surface area (Å²) in [5.41, 5.74) is 6.62. The average molecular weight is 731 g/mol. The Morgan fingerprint density at radius 1 is 0.774 bits per heavy atom. The number of hydrogen-bond acceptors (Lipinski definition) is 13. The minimum atomic E-state index is -1.26. The van der Waals surface area contributed by atoms with E-state index in [-0.39, 0.29) is 34.7 Å². The zero-order chi connectivity index (χ0) is 38.7. The van der Waals surface area contributed by atoms with Crippen LogP contribution >= 0.6 is 0 Å². The lowest BCUT2D eigenvalue weighted by molar-refractivity contribution is 0.0691. The number of nitrogens with two attached hydrogens (primary N) is 1. The van der Waals surface area contributed by atoms with Gasteiger partial charge in [-0.05, 0) is 64.1 Å². The third kappa shape index (κ3) is 10.1. The van der Waals surface area contributed by atoms with Crippen molar-refractivity contribution in [1.82, 2.24) is 49.5 Å². The van der Waals surface area contributed by atoms with Crippen LogP contribution in [-0.2, 0) is 0 Å². The van der Waals surface area contributed by atoms with Crippen molar-refractivity contribution in [2.24, 2.45) is 0 Å². The Morgan fingerprint density at radius 3 is 1.75 bits per heavy atom. The first kappa shape index (κ1) is 38.9. The molecule has 17 nitrogen and oxygen atoms in total. The number of carbonyl (C=O) groups excluding carboxylic acids is 1. The van der Waals surface area contributed by atoms with Crippen LogP contribution < -0.4 is 20.5 Å². The second-order valence-corrected chi connectivity index (χ2v) is 11.3. The van der Waals surface area contributed by atoms with E-state index < -0.39 is 23.5 Å². The summed E-state index contributed by atoms with van der Waals surface area (Å²) in [6.07, 6.45) is 5.19. The van der Waals surface area contributed by atoms with Gasteiger partial charge < -0.3 is 34.8 Å². The second-order valence-electron chi connectivity index (χ2n) is 11.3. The molecule has 0 radical (unpaired) electrons. The van der Waals surface area contributed by atoms with Crippen molar-refractivity contribution in [3.8, 4) is 34.8 Å². The number of carboxylic acid groups (broad SMARTS) is 1. The molecule has 6 aromatic heterocycles. The van der Waals surface area contributed by atoms with Crippen molar-refractivity contribution in [2.75, 3.05) is 25.3 Å². The molecular weight excluding hydrogens is 694 g/mol. The molecule has 0 aromatic carbocycles. The molecule has 0 fully saturated rings. The number of anilines is 2. The number of aromatic carboxylic acids is 1. The predicted molar refractivity (Wildman–Crippen MR) is 188 cm³/mol. The van der Waals surface area contributed by atoms with Crippen LogP contribution in [0.15, 0.2) is 73.6 Å². The highest BCUT2D eigenvalue weighted by atomic mass is 19.1. The molecule has 6 heterocycles. The van der Waals surface area contributed by atoms with E-state index in [0.717, 1.165) is 36.0 Å². The van der Waals surface area contributed by atoms with Crippen LogP contribution in [0.2, 0.25) is 0 Å². The second kappa shape index (κ2) is 17.8. The summed E-state index contributed by atoms with van der Waals surface area (Å²) in [5.74, 6) is -1.14. The molecule has 0 bridgehead atoms. The minimum absolute atomic E-state index is 0.0231. The molecule has 0 aliphatic carbocycles. The number of ether oxygens (including phenoxy) is 2. The first-order valence-corrected chi connectivity index (χ1v) is 15.8. The quantitative estimate of drug-likeness (QED) is 0.175. The van der Waals surface area contributed by atoms with Gasteiger partial charge in [0.05, 0.1) is 26.6 Å². The monoisotopic (exact) mass is 730 g/mol. The molecule has 19 heteroatoms. The lowest BCUT2D eigenvalue weighted by atomic mass is 10.2. The van der Waals surface area contributed by atoms with Gasteiger partial charge in [-0.25, -0.2) is 33.5 Å². The molecule has 0 aliphatic heterocycles. The van der Waals surface area contributed by atoms with Gasteiger partial charge in [0.25, 0.3) is 5.91 Å². The van der Waals surface area contributed by atoms with Gasteiger partial charge in [0.15, 0.2) is 11.6 Å². The zero-order valence-electron chi connectivity index (χ0n) is 29.5. The molecule has 0 atom stereocenters. The Kier molecular flexibility index (Phi) is 13.1. The van der Waals surface area contributed by atoms with Crippen molar-refractivity contribution >= 4 is 23.5 Å². The van der Waals surface area contributed by atoms with Gasteiger partial charge in [0.2, 0.25) is 11.8 Å². The van der Waals surface area contributed by atoms with E-state index in [1.54, 1.807) is 36.9 Å². The highest BCUT2D eigenvalue weighted by molar-refractivity contribution is 6.05. The number of aromatic nitrogens is 10. The van der Waals surface area contributed by atoms with Gasteiger partial charge in [-0.3, -0.25) is 4.79 Å². The fraction of sp³-hybridized carbons (Fsp3) is 0.235. The van der Waals surface area contributed by atoms with Crippen LogP contribution in [0.4, 0.5) is 20.4 Å². The van der Waals surface area contributed by atoms with E-state index in [9.17, 15) is 18.4 Å². The summed E-state index contributed by atoms with van der Waals surface area (Å²) in [7, 11) is 2.63. The predicted octanol–water partition coefficient (Wildman–Crippen LogP) is 5.15. The number of carbonyl (C=O) groups is 2. The van der Waals surface area contributed by atoms with Crippen LogP contribution in [0.3, 0.4) is 0 Å². The molecule has 6 aromatic rings. The summed E-state index contributed by atoms with van der Waals surface area (Å²) in [4.78, 5) is 38.7. The van der Waals surface area contributed by atoms with Gasteiger partial charge in [-0.1, -0.05) is 12.1 Å². The number of hydrogen-bond donors (Lipinski definition) is 3. The number of rotatable bonds is 9. The SMILES string of the molecule is CC(C)n1cnnc1-c1cccc(N)n1.COc1ncc(F)cc1C(=O)Nc1cccc(-c2nncn2C(C)C)n1.COc1ncc(F)cc1C(=O)O. The fourth-order valence-electron chi connectivity index (χ4n) is 4.49. The van der Waals surface area contributed by atoms with Crippen LogP contribution in [-0.4, -0.2) is 80.7 Å². The number of pyridine rings is 4. The third-order valence-corrected chi connectivity index (χ3v) is 6.98. The smallest absolute Gasteiger partial charge is 0.341 e. The zero-order valence-corrected chi connectivity index (χ0v) is 29.5. The van der Waals surface area contributed by atoms with E-state index in [2.05, 4.69) is 64.2 Å². The van der Waals surface area contributed by atoms with Gasteiger partial charge in [-0.15, -0.1) is 20.4 Å². The molecular formula is C34H36F2N12O5. The summed E-state index contributed by atoms with van der Waals surface area (Å²) < 4.78 is 39.3. The summed E-state index contributed by atoms with van der Waals surface area (Å²) in [6, 6.07) is 13.0. The Bertz CT molecular complexity index is 2170. The van der Waals surface area contributed by atoms with E-state index in [1.807, 2.05) is 35.1 Å². The number of nitrogens with zero attached hydrogens (tertiary/aromatic N) is 10. The largest absolute Gasteiger partial charge is 0.480 e. The normalized spacial score (nSPS) is 10.5. The van der Waals surface area contributed by atoms with Gasteiger partial charge in [0, 0.05) is 12.1 Å². The Balaban J connectivity index is 0.000000196. The third-order valence-electron chi connectivity index (χ3n) is 6.98. The lowest BCUT2D eigenvalue weighted by Crippen LogP contribution is -2.15. The van der Waals surface area contributed by atoms with Crippen molar-refractivity contribution in [3.63, 3.8) is 0 Å². The number of carboxylic acids is 1. The Hall–Kier alpha value is -6.92. The number of nitrogen functional groups attached to an aromatic ring is 1. The molecule has 0 spiro atoms. The fourth-order valence-corrected chi connectivity index (χ4v) is 4.49. The van der Waals surface area contributed by atoms with E-state index in [1.165, 1.54) is 14.2 Å². The summed E-state index contributed by atoms with van der Waals surface area (Å²) >= 11 is 0. The number of halogens is 2. The first-order chi connectivity index (χ1) is 25.3. The number of nitrogens with one attached hydrogen (secondary N) is 1. The first-order valence-electron chi connectivity index (χ1n) is 15.8. The Labute approximate surface area is 301 Å². The average Bonchev–Trinajstić information content (AvgIpc) is 3.84. The molecule has 0 saturated carbocycles. The van der Waals surface area contributed by atoms with E-state index >= 15 is 0 Å². The maximum absolute atomic E-state index is 13.4. The van der Waals surface area contributed by atoms with Crippen LogP contribution in [0, 0.1) is 11.6 Å². The molecule has 0 saturated heterocycles. The summed E-state index contributed by atoms with van der Waals surface area (Å²) in [5, 5.41) is 27.1. The van der Waals surface area contributed by atoms with Crippen LogP contribution in [0.5, 0.6) is 11.8 Å². The van der Waals surface area contributed by atoms with E-state index in [4.69, 9.17) is 15.6 Å². The number of amides is 1. The van der Waals surface area contributed by atoms with Gasteiger partial charge in [-0.2, -0.15) is 0 Å². The number of methoxy groups -OCH3 is 2. The maximum Gasteiger partial charge on any atom is 0.341 e. The minimum Gasteiger partial charge on any atom is -0.480 e. The topological polar surface area (TPSA) is 224 Å². The van der Waals surface area contributed by atoms with Crippen molar-refractivity contribution < 1.29 is 33.0 Å². The lowest BCUT2D eigenvalue weighted by Gasteiger charge is -2.11. The molecule has 4 N–H and O–H groups in total. The van der Waals surface area contributed by atoms with Gasteiger partial charge >= 0.3 is 5.97 Å². The Morgan fingerprint density at radius 2 is 1.26 bits per heavy atom. The molecule has 53 heavy (non-hydrogen) atoms. The highest BCUT2D eigenvalue weighted by Crippen LogP contribution is 2.22. The van der Waals surface area contributed by atoms with Crippen LogP contribution in [0.25, 0.3) is 23.0 Å². The molecule has 6 rings (SSSR count). The standard InChI is InChI=1S/C17H17FN6O2.C10H13N5.C7H6FNO3/c1-10(2)24-9-20-23-15(24)13-5-4-6-14(21-13)22-16(25)12-7-11(18)8-19-17(12)26-3;1-7(2)15-6-12-14-10(15)8-4-3-5-9(11)13-8;1-12-6-5(7(10)11)2-4(8)3-9-6/h4-10H,1-3H3,(H,21,22,25);3-7H,1-2H3,(H2,11,13);2-3H,1H3,(H,10,11). The summed E-state index contributed by atoms with van der Waals surface area (Å²) in [6.45, 7) is 8.14. The van der Waals surface area contributed by atoms with Crippen molar-refractivity contribution in [1.29, 1.82) is 0 Å². The molecule has 1 amide bonds.